The average Bonchev–Trinajstić information content (AvgIpc) is 3.17. The van der Waals surface area contributed by atoms with Crippen LogP contribution >= 0.6 is 0 Å². The van der Waals surface area contributed by atoms with Gasteiger partial charge >= 0.3 is 0 Å². The molecule has 2 aliphatic rings. The Morgan fingerprint density at radius 3 is 2.92 bits per heavy atom. The van der Waals surface area contributed by atoms with Crippen LogP contribution < -0.4 is 4.90 Å². The molecule has 1 unspecified atom stereocenters. The van der Waals surface area contributed by atoms with Crippen molar-refractivity contribution in [2.75, 3.05) is 37.6 Å². The van der Waals surface area contributed by atoms with Gasteiger partial charge in [0.1, 0.15) is 11.6 Å². The van der Waals surface area contributed by atoms with Crippen molar-refractivity contribution in [1.82, 2.24) is 9.88 Å². The smallest absolute Gasteiger partial charge is 0.298 e. The van der Waals surface area contributed by atoms with Crippen LogP contribution in [0.1, 0.15) is 26.2 Å². The molecule has 1 fully saturated rings. The van der Waals surface area contributed by atoms with E-state index in [1.807, 2.05) is 24.3 Å². The molecule has 0 spiro atoms. The SMILES string of the molecule is CCC1=NOC(CN2CCCN(c3nc4ccccc4o3)CC2)C1. The number of para-hydroxylation sites is 2. The first-order chi connectivity index (χ1) is 11.8. The van der Waals surface area contributed by atoms with Crippen LogP contribution in [-0.2, 0) is 4.84 Å². The van der Waals surface area contributed by atoms with E-state index in [1.165, 1.54) is 5.71 Å². The predicted molar refractivity (Wildman–Crippen MR) is 94.5 cm³/mol. The summed E-state index contributed by atoms with van der Waals surface area (Å²) in [5.41, 5.74) is 2.97. The van der Waals surface area contributed by atoms with Crippen LogP contribution in [-0.4, -0.2) is 54.4 Å². The summed E-state index contributed by atoms with van der Waals surface area (Å²) in [5, 5.41) is 4.17. The van der Waals surface area contributed by atoms with Crippen LogP contribution in [0.2, 0.25) is 0 Å². The molecule has 1 atom stereocenters. The second kappa shape index (κ2) is 6.81. The van der Waals surface area contributed by atoms with E-state index in [-0.39, 0.29) is 6.10 Å². The summed E-state index contributed by atoms with van der Waals surface area (Å²) >= 11 is 0. The molecule has 1 aromatic heterocycles. The van der Waals surface area contributed by atoms with Crippen molar-refractivity contribution in [3.05, 3.63) is 24.3 Å². The standard InChI is InChI=1S/C18H24N4O2/c1-2-14-12-15(24-20-14)13-21-8-5-9-22(11-10-21)18-19-16-6-3-4-7-17(16)23-18/h3-4,6-7,15H,2,5,8-13H2,1H3. The van der Waals surface area contributed by atoms with E-state index in [2.05, 4.69) is 26.9 Å². The lowest BCUT2D eigenvalue weighted by Gasteiger charge is -2.22. The normalized spacial score (nSPS) is 22.5. The Hall–Kier alpha value is -2.08. The topological polar surface area (TPSA) is 54.1 Å². The summed E-state index contributed by atoms with van der Waals surface area (Å²) in [7, 11) is 0. The minimum atomic E-state index is 0.218. The molecule has 6 nitrogen and oxygen atoms in total. The first-order valence-electron chi connectivity index (χ1n) is 8.86. The molecule has 0 saturated carbocycles. The van der Waals surface area contributed by atoms with Gasteiger partial charge in [0.25, 0.3) is 6.01 Å². The molecule has 0 amide bonds. The molecule has 4 rings (SSSR count). The molecule has 0 N–H and O–H groups in total. The number of rotatable bonds is 4. The Labute approximate surface area is 142 Å². The molecule has 1 aromatic carbocycles. The number of hydrogen-bond acceptors (Lipinski definition) is 6. The number of aromatic nitrogens is 1. The van der Waals surface area contributed by atoms with Crippen LogP contribution in [0, 0.1) is 0 Å². The maximum Gasteiger partial charge on any atom is 0.298 e. The number of hydrogen-bond donors (Lipinski definition) is 0. The monoisotopic (exact) mass is 328 g/mol. The molecule has 0 aliphatic carbocycles. The second-order valence-corrected chi connectivity index (χ2v) is 6.55. The Morgan fingerprint density at radius 1 is 1.17 bits per heavy atom. The number of nitrogens with zero attached hydrogens (tertiary/aromatic N) is 4. The highest BCUT2D eigenvalue weighted by atomic mass is 16.6. The molecule has 128 valence electrons. The van der Waals surface area contributed by atoms with E-state index in [0.29, 0.717) is 0 Å². The Bertz CT molecular complexity index is 694. The molecule has 2 aromatic rings. The third-order valence-corrected chi connectivity index (χ3v) is 4.81. The third kappa shape index (κ3) is 3.24. The summed E-state index contributed by atoms with van der Waals surface area (Å²) in [4.78, 5) is 14.9. The van der Waals surface area contributed by atoms with E-state index < -0.39 is 0 Å². The maximum absolute atomic E-state index is 5.91. The zero-order chi connectivity index (χ0) is 16.4. The van der Waals surface area contributed by atoms with Crippen LogP contribution in [0.3, 0.4) is 0 Å². The lowest BCUT2D eigenvalue weighted by Crippen LogP contribution is -2.36. The molecule has 6 heteroatoms. The Morgan fingerprint density at radius 2 is 2.08 bits per heavy atom. The first kappa shape index (κ1) is 15.4. The molecule has 3 heterocycles. The summed E-state index contributed by atoms with van der Waals surface area (Å²) < 4.78 is 5.91. The summed E-state index contributed by atoms with van der Waals surface area (Å²) in [5.74, 6) is 0. The molecule has 0 radical (unpaired) electrons. The molecular formula is C18H24N4O2. The van der Waals surface area contributed by atoms with Crippen molar-refractivity contribution >= 4 is 22.8 Å². The van der Waals surface area contributed by atoms with E-state index in [9.17, 15) is 0 Å². The fourth-order valence-corrected chi connectivity index (χ4v) is 3.42. The van der Waals surface area contributed by atoms with E-state index in [0.717, 1.165) is 69.1 Å². The largest absolute Gasteiger partial charge is 0.423 e. The van der Waals surface area contributed by atoms with Gasteiger partial charge in [0.2, 0.25) is 0 Å². The molecule has 0 bridgehead atoms. The fraction of sp³-hybridized carbons (Fsp3) is 0.556. The van der Waals surface area contributed by atoms with Gasteiger partial charge in [0, 0.05) is 39.1 Å². The summed E-state index contributed by atoms with van der Waals surface area (Å²) in [6.07, 6.45) is 3.28. The van der Waals surface area contributed by atoms with Crippen LogP contribution in [0.4, 0.5) is 6.01 Å². The van der Waals surface area contributed by atoms with Gasteiger partial charge in [-0.2, -0.15) is 4.98 Å². The Kier molecular flexibility index (Phi) is 4.38. The average molecular weight is 328 g/mol. The minimum Gasteiger partial charge on any atom is -0.423 e. The van der Waals surface area contributed by atoms with Gasteiger partial charge in [-0.15, -0.1) is 0 Å². The van der Waals surface area contributed by atoms with Crippen LogP contribution in [0.25, 0.3) is 11.1 Å². The molecular weight excluding hydrogens is 304 g/mol. The predicted octanol–water partition coefficient (Wildman–Crippen LogP) is 2.89. The van der Waals surface area contributed by atoms with E-state index in [1.54, 1.807) is 0 Å². The van der Waals surface area contributed by atoms with Gasteiger partial charge in [0.15, 0.2) is 5.58 Å². The van der Waals surface area contributed by atoms with Gasteiger partial charge in [0.05, 0.1) is 5.71 Å². The van der Waals surface area contributed by atoms with Gasteiger partial charge in [-0.05, 0) is 25.0 Å². The highest BCUT2D eigenvalue weighted by Gasteiger charge is 2.25. The van der Waals surface area contributed by atoms with E-state index in [4.69, 9.17) is 9.25 Å². The summed E-state index contributed by atoms with van der Waals surface area (Å²) in [6.45, 7) is 7.08. The van der Waals surface area contributed by atoms with Crippen molar-refractivity contribution in [2.24, 2.45) is 5.16 Å². The highest BCUT2D eigenvalue weighted by Crippen LogP contribution is 2.23. The maximum atomic E-state index is 5.91. The zero-order valence-corrected chi connectivity index (χ0v) is 14.1. The van der Waals surface area contributed by atoms with Crippen LogP contribution in [0.15, 0.2) is 33.8 Å². The molecule has 2 aliphatic heterocycles. The number of anilines is 1. The van der Waals surface area contributed by atoms with Crippen molar-refractivity contribution in [2.45, 2.75) is 32.3 Å². The first-order valence-corrected chi connectivity index (χ1v) is 8.86. The quantitative estimate of drug-likeness (QED) is 0.864. The van der Waals surface area contributed by atoms with Gasteiger partial charge in [-0.1, -0.05) is 24.2 Å². The highest BCUT2D eigenvalue weighted by molar-refractivity contribution is 5.85. The third-order valence-electron chi connectivity index (χ3n) is 4.81. The Balaban J connectivity index is 1.36. The van der Waals surface area contributed by atoms with E-state index >= 15 is 0 Å². The van der Waals surface area contributed by atoms with Crippen molar-refractivity contribution < 1.29 is 9.25 Å². The molecule has 24 heavy (non-hydrogen) atoms. The summed E-state index contributed by atoms with van der Waals surface area (Å²) in [6, 6.07) is 8.68. The fourth-order valence-electron chi connectivity index (χ4n) is 3.42. The lowest BCUT2D eigenvalue weighted by molar-refractivity contribution is 0.0544. The van der Waals surface area contributed by atoms with Crippen molar-refractivity contribution in [3.63, 3.8) is 0 Å². The van der Waals surface area contributed by atoms with Gasteiger partial charge in [-0.3, -0.25) is 4.90 Å². The van der Waals surface area contributed by atoms with Gasteiger partial charge in [-0.25, -0.2) is 0 Å². The van der Waals surface area contributed by atoms with Crippen molar-refractivity contribution in [1.29, 1.82) is 0 Å². The zero-order valence-electron chi connectivity index (χ0n) is 14.1. The number of oxime groups is 1. The van der Waals surface area contributed by atoms with Gasteiger partial charge < -0.3 is 14.2 Å². The number of benzene rings is 1. The molecule has 1 saturated heterocycles. The number of fused-ring (bicyclic) bond motifs is 1. The number of oxazole rings is 1. The minimum absolute atomic E-state index is 0.218. The second-order valence-electron chi connectivity index (χ2n) is 6.55. The van der Waals surface area contributed by atoms with Crippen LogP contribution in [0.5, 0.6) is 0 Å². The lowest BCUT2D eigenvalue weighted by atomic mass is 10.1. The van der Waals surface area contributed by atoms with Crippen molar-refractivity contribution in [3.8, 4) is 0 Å².